The number of ether oxygens (including phenoxy) is 2. The SMILES string of the molecule is COc1ncccc1CNC[C@H]1CCO[C@@H]1c1cnn(C)c1. The second-order valence-corrected chi connectivity index (χ2v) is 5.59. The first-order valence-electron chi connectivity index (χ1n) is 7.56. The summed E-state index contributed by atoms with van der Waals surface area (Å²) in [5.41, 5.74) is 2.23. The predicted molar refractivity (Wildman–Crippen MR) is 82.5 cm³/mol. The lowest BCUT2D eigenvalue weighted by atomic mass is 9.97. The van der Waals surface area contributed by atoms with Crippen LogP contribution in [0, 0.1) is 5.92 Å². The highest BCUT2D eigenvalue weighted by atomic mass is 16.5. The lowest BCUT2D eigenvalue weighted by molar-refractivity contribution is 0.0904. The van der Waals surface area contributed by atoms with Crippen LogP contribution >= 0.6 is 0 Å². The molecule has 2 aromatic rings. The molecule has 0 aromatic carbocycles. The van der Waals surface area contributed by atoms with E-state index in [9.17, 15) is 0 Å². The van der Waals surface area contributed by atoms with Crippen molar-refractivity contribution in [2.24, 2.45) is 13.0 Å². The molecule has 1 fully saturated rings. The van der Waals surface area contributed by atoms with E-state index in [1.165, 1.54) is 0 Å². The first-order valence-corrected chi connectivity index (χ1v) is 7.56. The molecule has 1 saturated heterocycles. The number of nitrogens with one attached hydrogen (secondary N) is 1. The van der Waals surface area contributed by atoms with Gasteiger partial charge in [-0.1, -0.05) is 6.07 Å². The number of methoxy groups -OCH3 is 1. The molecular weight excluding hydrogens is 280 g/mol. The summed E-state index contributed by atoms with van der Waals surface area (Å²) < 4.78 is 13.0. The molecule has 2 atom stereocenters. The minimum Gasteiger partial charge on any atom is -0.481 e. The Hall–Kier alpha value is -1.92. The van der Waals surface area contributed by atoms with Gasteiger partial charge in [-0.25, -0.2) is 4.98 Å². The molecule has 2 aromatic heterocycles. The first kappa shape index (κ1) is 15.0. The molecule has 1 aliphatic heterocycles. The van der Waals surface area contributed by atoms with E-state index in [1.54, 1.807) is 13.3 Å². The van der Waals surface area contributed by atoms with Crippen LogP contribution in [0.2, 0.25) is 0 Å². The Bertz CT molecular complexity index is 614. The van der Waals surface area contributed by atoms with Gasteiger partial charge in [0.2, 0.25) is 5.88 Å². The van der Waals surface area contributed by atoms with Crippen molar-refractivity contribution in [2.45, 2.75) is 19.1 Å². The molecule has 118 valence electrons. The van der Waals surface area contributed by atoms with Crippen LogP contribution in [0.4, 0.5) is 0 Å². The Morgan fingerprint density at radius 3 is 3.18 bits per heavy atom. The molecule has 0 aliphatic carbocycles. The molecule has 1 aliphatic rings. The second-order valence-electron chi connectivity index (χ2n) is 5.59. The molecule has 1 N–H and O–H groups in total. The van der Waals surface area contributed by atoms with Crippen LogP contribution in [0.3, 0.4) is 0 Å². The van der Waals surface area contributed by atoms with Crippen LogP contribution in [-0.4, -0.2) is 35.0 Å². The van der Waals surface area contributed by atoms with Gasteiger partial charge in [-0.2, -0.15) is 5.10 Å². The van der Waals surface area contributed by atoms with Gasteiger partial charge in [-0.05, 0) is 12.5 Å². The van der Waals surface area contributed by atoms with Crippen LogP contribution in [0.25, 0.3) is 0 Å². The highest BCUT2D eigenvalue weighted by Crippen LogP contribution is 2.33. The topological polar surface area (TPSA) is 61.2 Å². The summed E-state index contributed by atoms with van der Waals surface area (Å²) in [5.74, 6) is 1.15. The Kier molecular flexibility index (Phi) is 4.70. The van der Waals surface area contributed by atoms with Gasteiger partial charge in [0.25, 0.3) is 0 Å². The number of hydrogen-bond donors (Lipinski definition) is 1. The van der Waals surface area contributed by atoms with E-state index >= 15 is 0 Å². The third kappa shape index (κ3) is 3.28. The predicted octanol–water partition coefficient (Wildman–Crippen LogP) is 1.69. The van der Waals surface area contributed by atoms with Crippen molar-refractivity contribution in [3.05, 3.63) is 41.9 Å². The van der Waals surface area contributed by atoms with E-state index in [1.807, 2.05) is 36.3 Å². The summed E-state index contributed by atoms with van der Waals surface area (Å²) in [6, 6.07) is 3.96. The van der Waals surface area contributed by atoms with E-state index in [-0.39, 0.29) is 6.10 Å². The van der Waals surface area contributed by atoms with E-state index in [0.717, 1.165) is 37.2 Å². The molecule has 0 saturated carbocycles. The van der Waals surface area contributed by atoms with Gasteiger partial charge in [-0.3, -0.25) is 4.68 Å². The number of aromatic nitrogens is 3. The number of nitrogens with zero attached hydrogens (tertiary/aromatic N) is 3. The lowest BCUT2D eigenvalue weighted by Crippen LogP contribution is -2.24. The van der Waals surface area contributed by atoms with Crippen molar-refractivity contribution in [1.29, 1.82) is 0 Å². The van der Waals surface area contributed by atoms with Gasteiger partial charge in [0.15, 0.2) is 0 Å². The highest BCUT2D eigenvalue weighted by Gasteiger charge is 2.30. The maximum absolute atomic E-state index is 5.88. The summed E-state index contributed by atoms with van der Waals surface area (Å²) in [4.78, 5) is 4.21. The molecule has 0 amide bonds. The maximum Gasteiger partial charge on any atom is 0.217 e. The molecule has 0 spiro atoms. The molecule has 0 unspecified atom stereocenters. The van der Waals surface area contributed by atoms with Gasteiger partial charge in [-0.15, -0.1) is 0 Å². The van der Waals surface area contributed by atoms with Gasteiger partial charge < -0.3 is 14.8 Å². The van der Waals surface area contributed by atoms with Crippen molar-refractivity contribution in [3.8, 4) is 5.88 Å². The van der Waals surface area contributed by atoms with E-state index in [0.29, 0.717) is 11.8 Å². The van der Waals surface area contributed by atoms with Gasteiger partial charge >= 0.3 is 0 Å². The fourth-order valence-corrected chi connectivity index (χ4v) is 2.93. The third-order valence-corrected chi connectivity index (χ3v) is 4.03. The first-order chi connectivity index (χ1) is 10.8. The molecule has 0 radical (unpaired) electrons. The Balaban J connectivity index is 1.56. The van der Waals surface area contributed by atoms with Crippen molar-refractivity contribution >= 4 is 0 Å². The summed E-state index contributed by atoms with van der Waals surface area (Å²) in [7, 11) is 3.58. The fraction of sp³-hybridized carbons (Fsp3) is 0.500. The largest absolute Gasteiger partial charge is 0.481 e. The molecule has 0 bridgehead atoms. The highest BCUT2D eigenvalue weighted by molar-refractivity contribution is 5.25. The smallest absolute Gasteiger partial charge is 0.217 e. The molecular formula is C16H22N4O2. The molecule has 6 heteroatoms. The molecule has 6 nitrogen and oxygen atoms in total. The van der Waals surface area contributed by atoms with Crippen LogP contribution in [-0.2, 0) is 18.3 Å². The van der Waals surface area contributed by atoms with Crippen LogP contribution in [0.1, 0.15) is 23.7 Å². The maximum atomic E-state index is 5.88. The van der Waals surface area contributed by atoms with E-state index in [2.05, 4.69) is 15.4 Å². The third-order valence-electron chi connectivity index (χ3n) is 4.03. The monoisotopic (exact) mass is 302 g/mol. The van der Waals surface area contributed by atoms with Crippen molar-refractivity contribution in [1.82, 2.24) is 20.1 Å². The number of pyridine rings is 1. The normalized spacial score (nSPS) is 21.2. The van der Waals surface area contributed by atoms with Crippen molar-refractivity contribution in [3.63, 3.8) is 0 Å². The number of rotatable bonds is 6. The van der Waals surface area contributed by atoms with Gasteiger partial charge in [0.05, 0.1) is 19.4 Å². The average Bonchev–Trinajstić information content (AvgIpc) is 3.16. The zero-order valence-corrected chi connectivity index (χ0v) is 13.0. The summed E-state index contributed by atoms with van der Waals surface area (Å²) in [6.07, 6.45) is 6.87. The quantitative estimate of drug-likeness (QED) is 0.880. The van der Waals surface area contributed by atoms with Crippen molar-refractivity contribution in [2.75, 3.05) is 20.3 Å². The summed E-state index contributed by atoms with van der Waals surface area (Å²) >= 11 is 0. The summed E-state index contributed by atoms with van der Waals surface area (Å²) in [6.45, 7) is 2.45. The average molecular weight is 302 g/mol. The molecule has 22 heavy (non-hydrogen) atoms. The minimum absolute atomic E-state index is 0.136. The fourth-order valence-electron chi connectivity index (χ4n) is 2.93. The van der Waals surface area contributed by atoms with Gasteiger partial charge in [0, 0.05) is 56.2 Å². The number of aryl methyl sites for hydroxylation is 1. The number of hydrogen-bond acceptors (Lipinski definition) is 5. The minimum atomic E-state index is 0.136. The van der Waals surface area contributed by atoms with Crippen LogP contribution in [0.15, 0.2) is 30.7 Å². The van der Waals surface area contributed by atoms with Crippen LogP contribution in [0.5, 0.6) is 5.88 Å². The van der Waals surface area contributed by atoms with E-state index in [4.69, 9.17) is 9.47 Å². The lowest BCUT2D eigenvalue weighted by Gasteiger charge is -2.18. The zero-order valence-electron chi connectivity index (χ0n) is 13.0. The van der Waals surface area contributed by atoms with Gasteiger partial charge in [0.1, 0.15) is 0 Å². The van der Waals surface area contributed by atoms with Crippen LogP contribution < -0.4 is 10.1 Å². The Morgan fingerprint density at radius 1 is 1.50 bits per heavy atom. The molecule has 3 rings (SSSR count). The van der Waals surface area contributed by atoms with Crippen molar-refractivity contribution < 1.29 is 9.47 Å². The Morgan fingerprint density at radius 2 is 2.41 bits per heavy atom. The standard InChI is InChI=1S/C16H22N4O2/c1-20-11-14(10-19-20)15-12(5-7-22-15)8-17-9-13-4-3-6-18-16(13)21-2/h3-4,6,10-12,15,17H,5,7-9H2,1-2H3/t12-,15+/m1/s1. The zero-order chi connectivity index (χ0) is 15.4. The molecule has 3 heterocycles. The van der Waals surface area contributed by atoms with E-state index < -0.39 is 0 Å². The summed E-state index contributed by atoms with van der Waals surface area (Å²) in [5, 5.41) is 7.74. The second kappa shape index (κ2) is 6.89. The Labute approximate surface area is 130 Å².